The predicted octanol–water partition coefficient (Wildman–Crippen LogP) is 0.900. The number of ether oxygens (including phenoxy) is 1. The average molecular weight is 391 g/mol. The first-order chi connectivity index (χ1) is 13.1. The lowest BCUT2D eigenvalue weighted by molar-refractivity contribution is -0.148. The van der Waals surface area contributed by atoms with Crippen LogP contribution in [0.25, 0.3) is 0 Å². The van der Waals surface area contributed by atoms with E-state index in [1.54, 1.807) is 19.1 Å². The number of rotatable bonds is 9. The van der Waals surface area contributed by atoms with Gasteiger partial charge in [0.05, 0.1) is 13.0 Å². The van der Waals surface area contributed by atoms with Crippen molar-refractivity contribution in [2.45, 2.75) is 39.5 Å². The Kier molecular flexibility index (Phi) is 9.14. The third-order valence-electron chi connectivity index (χ3n) is 3.81. The van der Waals surface area contributed by atoms with Crippen molar-refractivity contribution in [2.24, 2.45) is 0 Å². The Labute approximate surface area is 165 Å². The second kappa shape index (κ2) is 11.1. The molecule has 0 saturated heterocycles. The highest BCUT2D eigenvalue weighted by Gasteiger charge is 2.14. The Bertz CT molecular complexity index is 693. The number of hydrogen-bond donors (Lipinski definition) is 3. The van der Waals surface area contributed by atoms with Gasteiger partial charge in [-0.25, -0.2) is 0 Å². The van der Waals surface area contributed by atoms with E-state index in [9.17, 15) is 19.2 Å². The van der Waals surface area contributed by atoms with Crippen molar-refractivity contribution >= 4 is 23.7 Å². The fourth-order valence-electron chi connectivity index (χ4n) is 2.21. The van der Waals surface area contributed by atoms with Crippen molar-refractivity contribution in [3.63, 3.8) is 0 Å². The summed E-state index contributed by atoms with van der Waals surface area (Å²) in [5, 5.41) is 7.50. The van der Waals surface area contributed by atoms with E-state index in [1.165, 1.54) is 0 Å². The quantitative estimate of drug-likeness (QED) is 0.541. The van der Waals surface area contributed by atoms with Gasteiger partial charge in [-0.3, -0.25) is 19.2 Å². The molecule has 1 rings (SSSR count). The molecular weight excluding hydrogens is 362 g/mol. The first-order valence-corrected chi connectivity index (χ1v) is 9.21. The highest BCUT2D eigenvalue weighted by atomic mass is 16.5. The summed E-state index contributed by atoms with van der Waals surface area (Å²) in [4.78, 5) is 46.4. The van der Waals surface area contributed by atoms with Crippen molar-refractivity contribution in [3.05, 3.63) is 35.4 Å². The normalized spacial score (nSPS) is 10.7. The monoisotopic (exact) mass is 391 g/mol. The molecule has 28 heavy (non-hydrogen) atoms. The van der Waals surface area contributed by atoms with Gasteiger partial charge in [-0.05, 0) is 30.0 Å². The molecule has 1 aromatic carbocycles. The van der Waals surface area contributed by atoms with Crippen LogP contribution in [0.2, 0.25) is 0 Å². The molecule has 0 radical (unpaired) electrons. The third kappa shape index (κ3) is 8.66. The SMILES string of the molecule is CCNC(=O)CNC(=O)COC(=O)CCNC(=O)c1ccc(C(C)(C)C)cc1. The zero-order valence-corrected chi connectivity index (χ0v) is 16.9. The molecule has 3 amide bonds. The summed E-state index contributed by atoms with van der Waals surface area (Å²) >= 11 is 0. The molecular formula is C20H29N3O5. The van der Waals surface area contributed by atoms with E-state index in [-0.39, 0.29) is 36.7 Å². The second-order valence-corrected chi connectivity index (χ2v) is 7.22. The van der Waals surface area contributed by atoms with Crippen LogP contribution in [0, 0.1) is 0 Å². The van der Waals surface area contributed by atoms with E-state index in [2.05, 4.69) is 36.7 Å². The molecule has 0 saturated carbocycles. The van der Waals surface area contributed by atoms with Crippen LogP contribution in [0.15, 0.2) is 24.3 Å². The van der Waals surface area contributed by atoms with E-state index < -0.39 is 18.5 Å². The van der Waals surface area contributed by atoms with Gasteiger partial charge < -0.3 is 20.7 Å². The average Bonchev–Trinajstić information content (AvgIpc) is 2.64. The van der Waals surface area contributed by atoms with E-state index in [0.717, 1.165) is 5.56 Å². The van der Waals surface area contributed by atoms with Crippen LogP contribution >= 0.6 is 0 Å². The zero-order valence-electron chi connectivity index (χ0n) is 16.9. The number of likely N-dealkylation sites (N-methyl/N-ethyl adjacent to an activating group) is 1. The van der Waals surface area contributed by atoms with Crippen LogP contribution in [0.5, 0.6) is 0 Å². The van der Waals surface area contributed by atoms with Crippen LogP contribution < -0.4 is 16.0 Å². The number of nitrogens with one attached hydrogen (secondary N) is 3. The smallest absolute Gasteiger partial charge is 0.308 e. The summed E-state index contributed by atoms with van der Waals surface area (Å²) in [5.41, 5.74) is 1.63. The molecule has 3 N–H and O–H groups in total. The summed E-state index contributed by atoms with van der Waals surface area (Å²) in [7, 11) is 0. The van der Waals surface area contributed by atoms with Crippen LogP contribution in [0.4, 0.5) is 0 Å². The Morgan fingerprint density at radius 3 is 2.14 bits per heavy atom. The van der Waals surface area contributed by atoms with Gasteiger partial charge in [-0.2, -0.15) is 0 Å². The number of amides is 3. The van der Waals surface area contributed by atoms with Gasteiger partial charge in [0.2, 0.25) is 5.91 Å². The maximum Gasteiger partial charge on any atom is 0.308 e. The molecule has 0 aromatic heterocycles. The molecule has 1 aromatic rings. The van der Waals surface area contributed by atoms with Crippen LogP contribution in [0.1, 0.15) is 50.0 Å². The van der Waals surface area contributed by atoms with Crippen molar-refractivity contribution < 1.29 is 23.9 Å². The Hall–Kier alpha value is -2.90. The fourth-order valence-corrected chi connectivity index (χ4v) is 2.21. The Morgan fingerprint density at radius 2 is 1.57 bits per heavy atom. The van der Waals surface area contributed by atoms with Gasteiger partial charge in [-0.1, -0.05) is 32.9 Å². The molecule has 0 aliphatic heterocycles. The lowest BCUT2D eigenvalue weighted by Crippen LogP contribution is -2.38. The van der Waals surface area contributed by atoms with Gasteiger partial charge in [0.15, 0.2) is 6.61 Å². The lowest BCUT2D eigenvalue weighted by Gasteiger charge is -2.19. The maximum atomic E-state index is 12.1. The van der Waals surface area contributed by atoms with Gasteiger partial charge >= 0.3 is 5.97 Å². The van der Waals surface area contributed by atoms with Crippen LogP contribution in [-0.2, 0) is 24.5 Å². The molecule has 0 heterocycles. The minimum Gasteiger partial charge on any atom is -0.456 e. The molecule has 0 bridgehead atoms. The molecule has 0 spiro atoms. The summed E-state index contributed by atoms with van der Waals surface area (Å²) < 4.78 is 4.80. The maximum absolute atomic E-state index is 12.1. The first-order valence-electron chi connectivity index (χ1n) is 9.21. The molecule has 0 aliphatic carbocycles. The van der Waals surface area contributed by atoms with E-state index >= 15 is 0 Å². The predicted molar refractivity (Wildman–Crippen MR) is 105 cm³/mol. The number of esters is 1. The standard InChI is InChI=1S/C20H29N3O5/c1-5-21-16(24)12-23-17(25)13-28-18(26)10-11-22-19(27)14-6-8-15(9-7-14)20(2,3)4/h6-9H,5,10-13H2,1-4H3,(H,21,24)(H,22,27)(H,23,25). The molecule has 0 aliphatic rings. The van der Waals surface area contributed by atoms with Crippen LogP contribution in [-0.4, -0.2) is 49.9 Å². The van der Waals surface area contributed by atoms with Gasteiger partial charge in [0.25, 0.3) is 11.8 Å². The van der Waals surface area contributed by atoms with Gasteiger partial charge in [0, 0.05) is 18.7 Å². The zero-order chi connectivity index (χ0) is 21.2. The second-order valence-electron chi connectivity index (χ2n) is 7.22. The first kappa shape index (κ1) is 23.1. The van der Waals surface area contributed by atoms with Gasteiger partial charge in [-0.15, -0.1) is 0 Å². The summed E-state index contributed by atoms with van der Waals surface area (Å²) in [6.07, 6.45) is -0.0601. The minimum absolute atomic E-state index is 0.00482. The van der Waals surface area contributed by atoms with E-state index in [4.69, 9.17) is 4.74 Å². The number of hydrogen-bond acceptors (Lipinski definition) is 5. The highest BCUT2D eigenvalue weighted by molar-refractivity contribution is 5.94. The molecule has 154 valence electrons. The minimum atomic E-state index is -0.614. The van der Waals surface area contributed by atoms with E-state index in [1.807, 2.05) is 12.1 Å². The van der Waals surface area contributed by atoms with E-state index in [0.29, 0.717) is 12.1 Å². The Morgan fingerprint density at radius 1 is 0.929 bits per heavy atom. The van der Waals surface area contributed by atoms with Crippen molar-refractivity contribution in [1.29, 1.82) is 0 Å². The summed E-state index contributed by atoms with van der Waals surface area (Å²) in [6.45, 7) is 7.96. The third-order valence-corrected chi connectivity index (χ3v) is 3.81. The molecule has 8 nitrogen and oxygen atoms in total. The highest BCUT2D eigenvalue weighted by Crippen LogP contribution is 2.22. The van der Waals surface area contributed by atoms with Crippen molar-refractivity contribution in [1.82, 2.24) is 16.0 Å². The summed E-state index contributed by atoms with van der Waals surface area (Å²) in [6, 6.07) is 7.30. The number of carbonyl (C=O) groups is 4. The number of carbonyl (C=O) groups excluding carboxylic acids is 4. The Balaban J connectivity index is 2.27. The topological polar surface area (TPSA) is 114 Å². The largest absolute Gasteiger partial charge is 0.456 e. The molecule has 0 fully saturated rings. The lowest BCUT2D eigenvalue weighted by atomic mass is 9.87. The molecule has 0 atom stereocenters. The van der Waals surface area contributed by atoms with Crippen molar-refractivity contribution in [2.75, 3.05) is 26.2 Å². The summed E-state index contributed by atoms with van der Waals surface area (Å²) in [5.74, 6) is -1.78. The molecule has 8 heteroatoms. The van der Waals surface area contributed by atoms with Crippen molar-refractivity contribution in [3.8, 4) is 0 Å². The van der Waals surface area contributed by atoms with Gasteiger partial charge in [0.1, 0.15) is 0 Å². The molecule has 0 unspecified atom stereocenters. The fraction of sp³-hybridized carbons (Fsp3) is 0.500. The number of benzene rings is 1. The van der Waals surface area contributed by atoms with Crippen LogP contribution in [0.3, 0.4) is 0 Å².